The molecule has 0 saturated heterocycles. The highest BCUT2D eigenvalue weighted by Crippen LogP contribution is 2.45. The minimum atomic E-state index is 0.303. The first-order chi connectivity index (χ1) is 6.05. The van der Waals surface area contributed by atoms with Crippen LogP contribution in [0.15, 0.2) is 4.99 Å². The van der Waals surface area contributed by atoms with E-state index in [-0.39, 0.29) is 0 Å². The lowest BCUT2D eigenvalue weighted by atomic mass is 9.68. The lowest BCUT2D eigenvalue weighted by molar-refractivity contribution is 0.0333. The molecule has 3 heteroatoms. The molecule has 2 rings (SSSR count). The second-order valence-electron chi connectivity index (χ2n) is 4.88. The Bertz CT molecular complexity index is 239. The summed E-state index contributed by atoms with van der Waals surface area (Å²) < 4.78 is 0. The monoisotopic (exact) mass is 181 g/mol. The Morgan fingerprint density at radius 2 is 2.15 bits per heavy atom. The van der Waals surface area contributed by atoms with Gasteiger partial charge in [0.1, 0.15) is 0 Å². The molecule has 1 aliphatic carbocycles. The minimum Gasteiger partial charge on any atom is -0.370 e. The van der Waals surface area contributed by atoms with Gasteiger partial charge < -0.3 is 10.6 Å². The highest BCUT2D eigenvalue weighted by Gasteiger charge is 2.51. The van der Waals surface area contributed by atoms with Crippen LogP contribution in [0.5, 0.6) is 0 Å². The molecule has 1 spiro atoms. The summed E-state index contributed by atoms with van der Waals surface area (Å²) in [7, 11) is 0. The summed E-state index contributed by atoms with van der Waals surface area (Å²) in [6.45, 7) is 7.61. The fourth-order valence-electron chi connectivity index (χ4n) is 3.00. The molecule has 74 valence electrons. The SMILES string of the molecule is CC1CC2(CN=C(N)N2C(C)C)C1. The molecular formula is C10H19N3. The molecule has 1 aliphatic heterocycles. The van der Waals surface area contributed by atoms with Crippen molar-refractivity contribution in [2.24, 2.45) is 16.6 Å². The van der Waals surface area contributed by atoms with Crippen LogP contribution in [-0.2, 0) is 0 Å². The lowest BCUT2D eigenvalue weighted by Crippen LogP contribution is -2.60. The Morgan fingerprint density at radius 3 is 2.62 bits per heavy atom. The summed E-state index contributed by atoms with van der Waals surface area (Å²) in [5.74, 6) is 1.60. The van der Waals surface area contributed by atoms with Crippen LogP contribution in [0.3, 0.4) is 0 Å². The van der Waals surface area contributed by atoms with Crippen LogP contribution in [0.25, 0.3) is 0 Å². The van der Waals surface area contributed by atoms with Gasteiger partial charge in [-0.1, -0.05) is 6.92 Å². The Hall–Kier alpha value is -0.730. The van der Waals surface area contributed by atoms with Gasteiger partial charge in [-0.05, 0) is 32.6 Å². The first-order valence-electron chi connectivity index (χ1n) is 5.14. The maximum absolute atomic E-state index is 5.89. The number of nitrogens with two attached hydrogens (primary N) is 1. The average Bonchev–Trinajstić information content (AvgIpc) is 2.27. The van der Waals surface area contributed by atoms with E-state index in [0.717, 1.165) is 18.4 Å². The molecule has 0 aromatic carbocycles. The number of hydrogen-bond donors (Lipinski definition) is 1. The normalized spacial score (nSPS) is 38.3. The lowest BCUT2D eigenvalue weighted by Gasteiger charge is -2.51. The third-order valence-corrected chi connectivity index (χ3v) is 3.27. The van der Waals surface area contributed by atoms with Crippen LogP contribution in [0.4, 0.5) is 0 Å². The van der Waals surface area contributed by atoms with E-state index >= 15 is 0 Å². The number of nitrogens with zero attached hydrogens (tertiary/aromatic N) is 2. The molecule has 1 fully saturated rings. The van der Waals surface area contributed by atoms with Crippen LogP contribution in [0.2, 0.25) is 0 Å². The second kappa shape index (κ2) is 2.63. The van der Waals surface area contributed by atoms with Gasteiger partial charge in [0.05, 0.1) is 12.1 Å². The molecular weight excluding hydrogens is 162 g/mol. The number of hydrogen-bond acceptors (Lipinski definition) is 3. The first kappa shape index (κ1) is 8.85. The minimum absolute atomic E-state index is 0.303. The summed E-state index contributed by atoms with van der Waals surface area (Å²) in [5, 5.41) is 0. The van der Waals surface area contributed by atoms with Gasteiger partial charge in [-0.25, -0.2) is 0 Å². The molecule has 1 saturated carbocycles. The largest absolute Gasteiger partial charge is 0.370 e. The topological polar surface area (TPSA) is 41.6 Å². The van der Waals surface area contributed by atoms with Gasteiger partial charge in [0.25, 0.3) is 0 Å². The second-order valence-corrected chi connectivity index (χ2v) is 4.88. The van der Waals surface area contributed by atoms with Crippen LogP contribution in [-0.4, -0.2) is 29.0 Å². The van der Waals surface area contributed by atoms with Crippen molar-refractivity contribution < 1.29 is 0 Å². The summed E-state index contributed by atoms with van der Waals surface area (Å²) in [6, 6.07) is 0.485. The summed E-state index contributed by atoms with van der Waals surface area (Å²) >= 11 is 0. The van der Waals surface area contributed by atoms with Gasteiger partial charge in [-0.3, -0.25) is 4.99 Å². The predicted molar refractivity (Wildman–Crippen MR) is 54.6 cm³/mol. The molecule has 0 unspecified atom stereocenters. The number of aliphatic imine (C=N–C) groups is 1. The van der Waals surface area contributed by atoms with E-state index in [9.17, 15) is 0 Å². The van der Waals surface area contributed by atoms with Crippen molar-refractivity contribution in [1.29, 1.82) is 0 Å². The van der Waals surface area contributed by atoms with Crippen LogP contribution < -0.4 is 5.73 Å². The molecule has 0 radical (unpaired) electrons. The average molecular weight is 181 g/mol. The summed E-state index contributed by atoms with van der Waals surface area (Å²) in [6.07, 6.45) is 2.52. The summed E-state index contributed by atoms with van der Waals surface area (Å²) in [5.41, 5.74) is 6.19. The van der Waals surface area contributed by atoms with E-state index < -0.39 is 0 Å². The Morgan fingerprint density at radius 1 is 1.54 bits per heavy atom. The molecule has 2 aliphatic rings. The zero-order valence-corrected chi connectivity index (χ0v) is 8.75. The van der Waals surface area contributed by atoms with Crippen molar-refractivity contribution in [3.05, 3.63) is 0 Å². The molecule has 0 bridgehead atoms. The van der Waals surface area contributed by atoms with Gasteiger partial charge in [0.15, 0.2) is 5.96 Å². The van der Waals surface area contributed by atoms with E-state index in [1.807, 2.05) is 0 Å². The maximum atomic E-state index is 5.89. The predicted octanol–water partition coefficient (Wildman–Crippen LogP) is 1.19. The molecule has 0 aromatic rings. The van der Waals surface area contributed by atoms with Crippen molar-refractivity contribution >= 4 is 5.96 Å². The highest BCUT2D eigenvalue weighted by atomic mass is 15.4. The van der Waals surface area contributed by atoms with Gasteiger partial charge in [-0.2, -0.15) is 0 Å². The van der Waals surface area contributed by atoms with Crippen LogP contribution >= 0.6 is 0 Å². The molecule has 3 nitrogen and oxygen atoms in total. The molecule has 13 heavy (non-hydrogen) atoms. The Balaban J connectivity index is 2.15. The smallest absolute Gasteiger partial charge is 0.192 e. The van der Waals surface area contributed by atoms with Gasteiger partial charge >= 0.3 is 0 Å². The third-order valence-electron chi connectivity index (χ3n) is 3.27. The van der Waals surface area contributed by atoms with Crippen molar-refractivity contribution in [2.75, 3.05) is 6.54 Å². The van der Waals surface area contributed by atoms with Crippen molar-refractivity contribution in [3.63, 3.8) is 0 Å². The van der Waals surface area contributed by atoms with Crippen molar-refractivity contribution in [1.82, 2.24) is 4.90 Å². The zero-order valence-electron chi connectivity index (χ0n) is 8.75. The van der Waals surface area contributed by atoms with E-state index in [1.54, 1.807) is 0 Å². The first-order valence-corrected chi connectivity index (χ1v) is 5.14. The summed E-state index contributed by atoms with van der Waals surface area (Å²) in [4.78, 5) is 6.68. The van der Waals surface area contributed by atoms with E-state index in [1.165, 1.54) is 12.8 Å². The zero-order chi connectivity index (χ0) is 9.64. The van der Waals surface area contributed by atoms with E-state index in [2.05, 4.69) is 30.7 Å². The van der Waals surface area contributed by atoms with Gasteiger partial charge in [0, 0.05) is 6.04 Å². The fraction of sp³-hybridized carbons (Fsp3) is 0.900. The Labute approximate surface area is 80.0 Å². The molecule has 1 heterocycles. The molecule has 0 atom stereocenters. The van der Waals surface area contributed by atoms with Gasteiger partial charge in [0.2, 0.25) is 0 Å². The number of guanidine groups is 1. The molecule has 0 amide bonds. The fourth-order valence-corrected chi connectivity index (χ4v) is 3.00. The number of rotatable bonds is 1. The van der Waals surface area contributed by atoms with E-state index in [4.69, 9.17) is 5.73 Å². The van der Waals surface area contributed by atoms with Crippen LogP contribution in [0, 0.1) is 5.92 Å². The molecule has 0 aromatic heterocycles. The van der Waals surface area contributed by atoms with Crippen LogP contribution in [0.1, 0.15) is 33.6 Å². The quantitative estimate of drug-likeness (QED) is 0.660. The van der Waals surface area contributed by atoms with Gasteiger partial charge in [-0.15, -0.1) is 0 Å². The Kier molecular flexibility index (Phi) is 1.79. The van der Waals surface area contributed by atoms with Crippen molar-refractivity contribution in [3.8, 4) is 0 Å². The van der Waals surface area contributed by atoms with Crippen molar-refractivity contribution in [2.45, 2.75) is 45.2 Å². The third kappa shape index (κ3) is 1.13. The highest BCUT2D eigenvalue weighted by molar-refractivity contribution is 5.81. The maximum Gasteiger partial charge on any atom is 0.192 e. The standard InChI is InChI=1S/C10H19N3/c1-7(2)13-9(11)12-6-10(13)4-8(3)5-10/h7-8H,4-6H2,1-3H3,(H2,11,12). The molecule has 2 N–H and O–H groups in total. The van der Waals surface area contributed by atoms with E-state index in [0.29, 0.717) is 11.6 Å².